The fourth-order valence-electron chi connectivity index (χ4n) is 4.97. The molecule has 0 spiro atoms. The van der Waals surface area contributed by atoms with Crippen molar-refractivity contribution in [2.45, 2.75) is 44.1 Å². The van der Waals surface area contributed by atoms with Crippen molar-refractivity contribution in [2.24, 2.45) is 5.92 Å². The topological polar surface area (TPSA) is 111 Å². The summed E-state index contributed by atoms with van der Waals surface area (Å²) in [5, 5.41) is 21.4. The molecule has 3 aromatic heterocycles. The molecule has 0 unspecified atom stereocenters. The number of nitrogens with one attached hydrogen (secondary N) is 2. The van der Waals surface area contributed by atoms with E-state index in [-0.39, 0.29) is 6.04 Å². The summed E-state index contributed by atoms with van der Waals surface area (Å²) in [6.07, 6.45) is 8.24. The highest BCUT2D eigenvalue weighted by atomic mass is 16.4. The molecule has 2 aliphatic rings. The molecular formula is C19H25N7O2. The van der Waals surface area contributed by atoms with Crippen molar-refractivity contribution in [3.63, 3.8) is 0 Å². The number of likely N-dealkylation sites (tertiary alicyclic amines) is 1. The van der Waals surface area contributed by atoms with E-state index in [0.29, 0.717) is 11.8 Å². The lowest BCUT2D eigenvalue weighted by Gasteiger charge is -2.30. The highest BCUT2D eigenvalue weighted by Gasteiger charge is 2.30. The van der Waals surface area contributed by atoms with Gasteiger partial charge < -0.3 is 20.3 Å². The number of aromatic amines is 1. The van der Waals surface area contributed by atoms with E-state index in [1.807, 2.05) is 12.3 Å². The number of H-pyrrole nitrogens is 1. The summed E-state index contributed by atoms with van der Waals surface area (Å²) < 4.78 is 1.79. The second-order valence-electron chi connectivity index (χ2n) is 8.16. The monoisotopic (exact) mass is 383 g/mol. The Labute approximate surface area is 162 Å². The van der Waals surface area contributed by atoms with Gasteiger partial charge in [0.25, 0.3) is 0 Å². The van der Waals surface area contributed by atoms with Gasteiger partial charge in [-0.05, 0) is 44.1 Å². The third-order valence-corrected chi connectivity index (χ3v) is 6.35. The molecule has 28 heavy (non-hydrogen) atoms. The van der Waals surface area contributed by atoms with Crippen molar-refractivity contribution in [3.05, 3.63) is 24.3 Å². The van der Waals surface area contributed by atoms with Crippen LogP contribution in [0.5, 0.6) is 0 Å². The van der Waals surface area contributed by atoms with Gasteiger partial charge in [0.1, 0.15) is 17.5 Å². The van der Waals surface area contributed by atoms with Gasteiger partial charge in [-0.1, -0.05) is 5.21 Å². The molecule has 1 saturated heterocycles. The molecule has 1 saturated carbocycles. The first-order valence-corrected chi connectivity index (χ1v) is 10.1. The smallest absolute Gasteiger partial charge is 0.404 e. The maximum Gasteiger partial charge on any atom is 0.404 e. The van der Waals surface area contributed by atoms with Crippen molar-refractivity contribution < 1.29 is 9.90 Å². The zero-order chi connectivity index (χ0) is 19.1. The number of hydrogen-bond acceptors (Lipinski definition) is 5. The minimum absolute atomic E-state index is 0.0780. The molecule has 0 aromatic carbocycles. The quantitative estimate of drug-likeness (QED) is 0.637. The summed E-state index contributed by atoms with van der Waals surface area (Å²) in [5.41, 5.74) is 3.05. The predicted octanol–water partition coefficient (Wildman–Crippen LogP) is 2.22. The van der Waals surface area contributed by atoms with E-state index in [4.69, 9.17) is 5.11 Å². The summed E-state index contributed by atoms with van der Waals surface area (Å²) >= 11 is 0. The second-order valence-corrected chi connectivity index (χ2v) is 8.16. The summed E-state index contributed by atoms with van der Waals surface area (Å²) in [4.78, 5) is 20.8. The highest BCUT2D eigenvalue weighted by Crippen LogP contribution is 2.38. The molecule has 1 aliphatic carbocycles. The molecule has 148 valence electrons. The Morgan fingerprint density at radius 3 is 2.96 bits per heavy atom. The molecule has 9 heteroatoms. The van der Waals surface area contributed by atoms with E-state index in [2.05, 4.69) is 30.5 Å². The number of rotatable bonds is 4. The zero-order valence-corrected chi connectivity index (χ0v) is 15.7. The van der Waals surface area contributed by atoms with E-state index >= 15 is 0 Å². The number of fused-ring (bicyclic) bond motifs is 3. The van der Waals surface area contributed by atoms with Crippen molar-refractivity contribution in [1.29, 1.82) is 0 Å². The fraction of sp³-hybridized carbons (Fsp3) is 0.579. The summed E-state index contributed by atoms with van der Waals surface area (Å²) in [6, 6.07) is 2.12. The van der Waals surface area contributed by atoms with E-state index in [9.17, 15) is 4.79 Å². The van der Waals surface area contributed by atoms with Gasteiger partial charge in [0.2, 0.25) is 0 Å². The maximum absolute atomic E-state index is 10.8. The van der Waals surface area contributed by atoms with Gasteiger partial charge in [0.15, 0.2) is 0 Å². The highest BCUT2D eigenvalue weighted by molar-refractivity contribution is 5.92. The lowest BCUT2D eigenvalue weighted by atomic mass is 9.80. The van der Waals surface area contributed by atoms with Gasteiger partial charge in [-0.2, -0.15) is 0 Å². The van der Waals surface area contributed by atoms with Gasteiger partial charge >= 0.3 is 6.09 Å². The van der Waals surface area contributed by atoms with Crippen LogP contribution in [0.15, 0.2) is 18.6 Å². The van der Waals surface area contributed by atoms with Crippen LogP contribution in [0.2, 0.25) is 0 Å². The SMILES string of the molecule is O=C(O)N[C@@H]1CCN(C[C@H]2CC[C@H](c3nnn4cnc5[nH]ccc5c34)CC2)C1. The lowest BCUT2D eigenvalue weighted by molar-refractivity contribution is 0.187. The van der Waals surface area contributed by atoms with Gasteiger partial charge in [-0.15, -0.1) is 5.10 Å². The average molecular weight is 383 g/mol. The molecule has 1 aliphatic heterocycles. The average Bonchev–Trinajstić information content (AvgIpc) is 3.40. The molecule has 0 radical (unpaired) electrons. The number of carboxylic acid groups (broad SMARTS) is 1. The van der Waals surface area contributed by atoms with Crippen LogP contribution >= 0.6 is 0 Å². The van der Waals surface area contributed by atoms with Crippen LogP contribution in [0.3, 0.4) is 0 Å². The Hall–Kier alpha value is -2.68. The second kappa shape index (κ2) is 7.05. The summed E-state index contributed by atoms with van der Waals surface area (Å²) in [6.45, 7) is 2.89. The Kier molecular flexibility index (Phi) is 4.38. The number of amides is 1. The van der Waals surface area contributed by atoms with Gasteiger partial charge in [-0.3, -0.25) is 0 Å². The minimum atomic E-state index is -0.917. The van der Waals surface area contributed by atoms with E-state index in [1.54, 1.807) is 10.8 Å². The molecule has 5 rings (SSSR count). The van der Waals surface area contributed by atoms with Crippen molar-refractivity contribution in [2.75, 3.05) is 19.6 Å². The maximum atomic E-state index is 10.8. The largest absolute Gasteiger partial charge is 0.465 e. The molecular weight excluding hydrogens is 358 g/mol. The summed E-state index contributed by atoms with van der Waals surface area (Å²) in [7, 11) is 0. The van der Waals surface area contributed by atoms with E-state index < -0.39 is 6.09 Å². The number of aromatic nitrogens is 5. The normalized spacial score (nSPS) is 26.2. The predicted molar refractivity (Wildman–Crippen MR) is 103 cm³/mol. The zero-order valence-electron chi connectivity index (χ0n) is 15.7. The molecule has 0 bridgehead atoms. The Bertz CT molecular complexity index is 989. The number of hydrogen-bond donors (Lipinski definition) is 3. The van der Waals surface area contributed by atoms with Crippen LogP contribution < -0.4 is 5.32 Å². The number of carbonyl (C=O) groups is 1. The summed E-state index contributed by atoms with van der Waals surface area (Å²) in [5.74, 6) is 1.12. The van der Waals surface area contributed by atoms with Crippen LogP contribution in [0.1, 0.15) is 43.7 Å². The van der Waals surface area contributed by atoms with Crippen LogP contribution in [0.4, 0.5) is 4.79 Å². The van der Waals surface area contributed by atoms with Gasteiger partial charge in [0, 0.05) is 43.2 Å². The third-order valence-electron chi connectivity index (χ3n) is 6.35. The fourth-order valence-corrected chi connectivity index (χ4v) is 4.97. The molecule has 1 atom stereocenters. The molecule has 2 fully saturated rings. The van der Waals surface area contributed by atoms with Crippen LogP contribution in [0, 0.1) is 5.92 Å². The lowest BCUT2D eigenvalue weighted by Crippen LogP contribution is -2.37. The van der Waals surface area contributed by atoms with Gasteiger partial charge in [-0.25, -0.2) is 14.3 Å². The first-order chi connectivity index (χ1) is 13.7. The molecule has 3 aromatic rings. The van der Waals surface area contributed by atoms with Crippen molar-refractivity contribution >= 4 is 22.6 Å². The first-order valence-electron chi connectivity index (χ1n) is 10.1. The van der Waals surface area contributed by atoms with Gasteiger partial charge in [0.05, 0.1) is 5.69 Å². The standard InChI is InChI=1S/C19H25N7O2/c27-19(28)22-14-6-8-25(10-14)9-12-1-3-13(4-2-12)16-17-15-5-7-20-18(15)21-11-26(17)24-23-16/h5,7,11-14,20,22H,1-4,6,8-10H2,(H,27,28)/t12-,13-,14-/m1/s1. The van der Waals surface area contributed by atoms with Crippen LogP contribution in [-0.4, -0.2) is 66.6 Å². The third kappa shape index (κ3) is 3.19. The molecule has 4 heterocycles. The number of nitrogens with zero attached hydrogens (tertiary/aromatic N) is 5. The van der Waals surface area contributed by atoms with Crippen LogP contribution in [-0.2, 0) is 0 Å². The molecule has 3 N–H and O–H groups in total. The van der Waals surface area contributed by atoms with E-state index in [0.717, 1.165) is 61.1 Å². The first kappa shape index (κ1) is 17.4. The Morgan fingerprint density at radius 2 is 2.14 bits per heavy atom. The van der Waals surface area contributed by atoms with E-state index in [1.165, 1.54) is 12.8 Å². The van der Waals surface area contributed by atoms with Crippen molar-refractivity contribution in [3.8, 4) is 0 Å². The molecule has 1 amide bonds. The molecule has 9 nitrogen and oxygen atoms in total. The Morgan fingerprint density at radius 1 is 1.29 bits per heavy atom. The minimum Gasteiger partial charge on any atom is -0.465 e. The Balaban J connectivity index is 1.23. The van der Waals surface area contributed by atoms with Crippen molar-refractivity contribution in [1.82, 2.24) is 35.0 Å². The van der Waals surface area contributed by atoms with Crippen LogP contribution in [0.25, 0.3) is 16.6 Å².